The molecule has 0 aromatic heterocycles. The SMILES string of the molecule is COS(=O)(=O)Oc1ccc(S(=O)(=O)c2ccc(OS(=O)(=O)OC)cc2)cc1. The smallest absolute Gasteiger partial charge is 0.362 e. The first kappa shape index (κ1) is 21.1. The molecule has 0 aliphatic carbocycles. The number of benzene rings is 2. The molecular formula is C14H14O10S3. The van der Waals surface area contributed by atoms with Crippen LogP contribution in [0.3, 0.4) is 0 Å². The van der Waals surface area contributed by atoms with Crippen LogP contribution in [0.4, 0.5) is 0 Å². The highest BCUT2D eigenvalue weighted by molar-refractivity contribution is 7.91. The van der Waals surface area contributed by atoms with Crippen LogP contribution in [0.1, 0.15) is 0 Å². The highest BCUT2D eigenvalue weighted by Crippen LogP contribution is 2.25. The third kappa shape index (κ3) is 5.40. The number of hydrogen-bond donors (Lipinski definition) is 0. The van der Waals surface area contributed by atoms with Gasteiger partial charge in [-0.1, -0.05) is 0 Å². The molecule has 0 heterocycles. The quantitative estimate of drug-likeness (QED) is 0.587. The van der Waals surface area contributed by atoms with Gasteiger partial charge in [-0.25, -0.2) is 16.8 Å². The molecule has 0 fully saturated rings. The van der Waals surface area contributed by atoms with E-state index in [0.29, 0.717) is 0 Å². The Morgan fingerprint density at radius 2 is 0.852 bits per heavy atom. The van der Waals surface area contributed by atoms with E-state index in [1.165, 1.54) is 0 Å². The van der Waals surface area contributed by atoms with Gasteiger partial charge >= 0.3 is 20.8 Å². The summed E-state index contributed by atoms with van der Waals surface area (Å²) in [5.74, 6) is -0.270. The fourth-order valence-corrected chi connectivity index (χ4v) is 3.88. The molecule has 27 heavy (non-hydrogen) atoms. The van der Waals surface area contributed by atoms with E-state index in [1.807, 2.05) is 0 Å². The minimum absolute atomic E-state index is 0.135. The van der Waals surface area contributed by atoms with Crippen molar-refractivity contribution in [2.75, 3.05) is 14.2 Å². The van der Waals surface area contributed by atoms with Crippen molar-refractivity contribution in [1.82, 2.24) is 0 Å². The Morgan fingerprint density at radius 1 is 0.556 bits per heavy atom. The third-order valence-electron chi connectivity index (χ3n) is 3.07. The second kappa shape index (κ2) is 7.82. The summed E-state index contributed by atoms with van der Waals surface area (Å²) < 4.78 is 87.3. The Bertz CT molecular complexity index is 1020. The van der Waals surface area contributed by atoms with E-state index in [-0.39, 0.29) is 21.3 Å². The summed E-state index contributed by atoms with van der Waals surface area (Å²) in [6.45, 7) is 0. The first-order valence-corrected chi connectivity index (χ1v) is 11.1. The van der Waals surface area contributed by atoms with E-state index >= 15 is 0 Å². The monoisotopic (exact) mass is 438 g/mol. The third-order valence-corrected chi connectivity index (χ3v) is 6.47. The molecule has 0 aliphatic rings. The van der Waals surface area contributed by atoms with E-state index in [0.717, 1.165) is 62.8 Å². The van der Waals surface area contributed by atoms with E-state index in [4.69, 9.17) is 0 Å². The number of sulfone groups is 1. The van der Waals surface area contributed by atoms with Gasteiger partial charge in [-0.3, -0.25) is 0 Å². The molecule has 2 rings (SSSR count). The predicted molar refractivity (Wildman–Crippen MR) is 91.4 cm³/mol. The Labute approximate surface area is 156 Å². The summed E-state index contributed by atoms with van der Waals surface area (Å²) in [5.41, 5.74) is 0. The summed E-state index contributed by atoms with van der Waals surface area (Å²) in [6.07, 6.45) is 0. The van der Waals surface area contributed by atoms with Crippen LogP contribution >= 0.6 is 0 Å². The van der Waals surface area contributed by atoms with Crippen LogP contribution in [0.15, 0.2) is 58.3 Å². The fourth-order valence-electron chi connectivity index (χ4n) is 1.79. The fraction of sp³-hybridized carbons (Fsp3) is 0.143. The van der Waals surface area contributed by atoms with Crippen LogP contribution in [0, 0.1) is 0 Å². The standard InChI is InChI=1S/C14H14O10S3/c1-21-26(17,18)23-11-3-7-13(8-4-11)25(15,16)14-9-5-12(6-10-14)24-27(19,20)22-2/h3-10H,1-2H3. The second-order valence-electron chi connectivity index (χ2n) is 4.76. The zero-order valence-corrected chi connectivity index (χ0v) is 16.4. The first-order valence-electron chi connectivity index (χ1n) is 6.94. The molecule has 13 heteroatoms. The average Bonchev–Trinajstić information content (AvgIpc) is 2.62. The molecule has 2 aromatic carbocycles. The van der Waals surface area contributed by atoms with Crippen molar-refractivity contribution in [2.24, 2.45) is 0 Å². The number of rotatable bonds is 8. The zero-order chi connectivity index (χ0) is 20.3. The summed E-state index contributed by atoms with van der Waals surface area (Å²) in [5, 5.41) is 0. The average molecular weight is 438 g/mol. The molecule has 0 N–H and O–H groups in total. The van der Waals surface area contributed by atoms with Crippen LogP contribution in [0.5, 0.6) is 11.5 Å². The zero-order valence-electron chi connectivity index (χ0n) is 13.9. The highest BCUT2D eigenvalue weighted by atomic mass is 32.3. The van der Waals surface area contributed by atoms with Crippen molar-refractivity contribution in [3.05, 3.63) is 48.5 Å². The van der Waals surface area contributed by atoms with Crippen molar-refractivity contribution in [3.8, 4) is 11.5 Å². The maximum absolute atomic E-state index is 12.6. The molecule has 2 aromatic rings. The molecule has 0 spiro atoms. The molecule has 0 unspecified atom stereocenters. The van der Waals surface area contributed by atoms with Gasteiger partial charge in [-0.05, 0) is 48.5 Å². The second-order valence-corrected chi connectivity index (χ2v) is 9.35. The van der Waals surface area contributed by atoms with Gasteiger partial charge in [0.2, 0.25) is 9.84 Å². The van der Waals surface area contributed by atoms with Crippen molar-refractivity contribution in [3.63, 3.8) is 0 Å². The Morgan fingerprint density at radius 3 is 1.11 bits per heavy atom. The topological polar surface area (TPSA) is 139 Å². The minimum Gasteiger partial charge on any atom is -0.362 e. The van der Waals surface area contributed by atoms with Gasteiger partial charge in [0.1, 0.15) is 11.5 Å². The van der Waals surface area contributed by atoms with Crippen LogP contribution in [-0.2, 0) is 39.0 Å². The molecule has 0 atom stereocenters. The highest BCUT2D eigenvalue weighted by Gasteiger charge is 2.19. The van der Waals surface area contributed by atoms with Crippen LogP contribution in [-0.4, -0.2) is 39.5 Å². The van der Waals surface area contributed by atoms with Gasteiger partial charge < -0.3 is 8.37 Å². The molecule has 0 radical (unpaired) electrons. The van der Waals surface area contributed by atoms with Crippen LogP contribution < -0.4 is 8.37 Å². The minimum atomic E-state index is -4.22. The van der Waals surface area contributed by atoms with Gasteiger partial charge in [0.15, 0.2) is 0 Å². The van der Waals surface area contributed by atoms with Crippen molar-refractivity contribution in [2.45, 2.75) is 9.79 Å². The molecule has 0 saturated carbocycles. The van der Waals surface area contributed by atoms with Crippen molar-refractivity contribution < 1.29 is 42.0 Å². The van der Waals surface area contributed by atoms with Crippen LogP contribution in [0.25, 0.3) is 0 Å². The lowest BCUT2D eigenvalue weighted by Crippen LogP contribution is -2.11. The lowest BCUT2D eigenvalue weighted by Gasteiger charge is -2.08. The molecule has 10 nitrogen and oxygen atoms in total. The van der Waals surface area contributed by atoms with Crippen molar-refractivity contribution in [1.29, 1.82) is 0 Å². The maximum atomic E-state index is 12.6. The van der Waals surface area contributed by atoms with E-state index in [9.17, 15) is 25.3 Å². The van der Waals surface area contributed by atoms with Crippen molar-refractivity contribution >= 4 is 30.6 Å². The van der Waals surface area contributed by atoms with Gasteiger partial charge in [0, 0.05) is 0 Å². The summed E-state index contributed by atoms with van der Waals surface area (Å²) in [4.78, 5) is -0.273. The van der Waals surface area contributed by atoms with Gasteiger partial charge in [-0.2, -0.15) is 16.8 Å². The summed E-state index contributed by atoms with van der Waals surface area (Å²) >= 11 is 0. The Kier molecular flexibility index (Phi) is 6.11. The molecule has 148 valence electrons. The lowest BCUT2D eigenvalue weighted by atomic mass is 10.3. The summed E-state index contributed by atoms with van der Waals surface area (Å²) in [6, 6.07) is 9.17. The first-order chi connectivity index (χ1) is 12.5. The largest absolute Gasteiger partial charge is 0.448 e. The molecule has 0 bridgehead atoms. The van der Waals surface area contributed by atoms with Crippen LogP contribution in [0.2, 0.25) is 0 Å². The van der Waals surface area contributed by atoms with Gasteiger partial charge in [0.25, 0.3) is 0 Å². The van der Waals surface area contributed by atoms with Gasteiger partial charge in [0.05, 0.1) is 24.0 Å². The Hall–Kier alpha value is -2.19. The predicted octanol–water partition coefficient (Wildman–Crippen LogP) is 1.06. The van der Waals surface area contributed by atoms with Gasteiger partial charge in [-0.15, -0.1) is 0 Å². The lowest BCUT2D eigenvalue weighted by molar-refractivity contribution is 0.329. The maximum Gasteiger partial charge on any atom is 0.448 e. The Balaban J connectivity index is 2.25. The van der Waals surface area contributed by atoms with E-state index in [1.54, 1.807) is 0 Å². The number of hydrogen-bond acceptors (Lipinski definition) is 10. The molecule has 0 saturated heterocycles. The molecule has 0 aliphatic heterocycles. The molecular weight excluding hydrogens is 424 g/mol. The summed E-state index contributed by atoms with van der Waals surface area (Å²) in [7, 11) is -10.5. The van der Waals surface area contributed by atoms with E-state index < -0.39 is 30.6 Å². The van der Waals surface area contributed by atoms with E-state index in [2.05, 4.69) is 16.7 Å². The molecule has 0 amide bonds. The normalized spacial score (nSPS) is 12.5.